The minimum Gasteiger partial charge on any atom is -0.330 e. The molecule has 0 radical (unpaired) electrons. The van der Waals surface area contributed by atoms with Gasteiger partial charge in [0.25, 0.3) is 5.91 Å². The highest BCUT2D eigenvalue weighted by Crippen LogP contribution is 2.24. The number of amides is 1. The lowest BCUT2D eigenvalue weighted by molar-refractivity contribution is -0.134. The number of hydrazone groups is 1. The van der Waals surface area contributed by atoms with Crippen LogP contribution < -0.4 is 5.73 Å². The molecule has 4 heteroatoms. The van der Waals surface area contributed by atoms with Crippen LogP contribution in [0.4, 0.5) is 0 Å². The van der Waals surface area contributed by atoms with Crippen molar-refractivity contribution in [2.24, 2.45) is 16.8 Å². The van der Waals surface area contributed by atoms with Crippen LogP contribution in [0.5, 0.6) is 0 Å². The number of carbonyl (C=O) groups is 1. The third kappa shape index (κ3) is 2.43. The summed E-state index contributed by atoms with van der Waals surface area (Å²) < 4.78 is 0. The van der Waals surface area contributed by atoms with E-state index in [1.165, 1.54) is 0 Å². The first-order valence-electron chi connectivity index (χ1n) is 6.29. The average Bonchev–Trinajstić information content (AvgIpc) is 2.60. The zero-order valence-electron chi connectivity index (χ0n) is 10.6. The molecule has 2 N–H and O–H groups in total. The van der Waals surface area contributed by atoms with Crippen LogP contribution >= 0.6 is 0 Å². The number of hydrogen-bond donors (Lipinski definition) is 1. The summed E-state index contributed by atoms with van der Waals surface area (Å²) in [6, 6.07) is 0.247. The highest BCUT2D eigenvalue weighted by Gasteiger charge is 2.36. The van der Waals surface area contributed by atoms with Gasteiger partial charge in [0.05, 0.1) is 17.7 Å². The lowest BCUT2D eigenvalue weighted by Crippen LogP contribution is -2.36. The minimum atomic E-state index is -0.0596. The predicted octanol–water partition coefficient (Wildman–Crippen LogP) is 1.75. The molecule has 1 unspecified atom stereocenters. The minimum absolute atomic E-state index is 0.0596. The predicted molar refractivity (Wildman–Crippen MR) is 66.1 cm³/mol. The first-order valence-corrected chi connectivity index (χ1v) is 6.29. The molecule has 0 aliphatic carbocycles. The van der Waals surface area contributed by atoms with Gasteiger partial charge in [0, 0.05) is 0 Å². The van der Waals surface area contributed by atoms with Gasteiger partial charge in [0.2, 0.25) is 0 Å². The molecule has 1 rings (SSSR count). The van der Waals surface area contributed by atoms with Crippen molar-refractivity contribution < 1.29 is 4.79 Å². The van der Waals surface area contributed by atoms with E-state index in [0.717, 1.165) is 31.4 Å². The molecule has 1 heterocycles. The number of rotatable bonds is 6. The smallest absolute Gasteiger partial charge is 0.251 e. The highest BCUT2D eigenvalue weighted by molar-refractivity contribution is 6.07. The summed E-state index contributed by atoms with van der Waals surface area (Å²) in [5, 5.41) is 6.17. The molecule has 0 fully saturated rings. The molecule has 1 amide bonds. The zero-order valence-corrected chi connectivity index (χ0v) is 10.6. The van der Waals surface area contributed by atoms with Crippen molar-refractivity contribution >= 4 is 11.6 Å². The van der Waals surface area contributed by atoms with Gasteiger partial charge in [-0.05, 0) is 32.2 Å². The maximum Gasteiger partial charge on any atom is 0.251 e. The first kappa shape index (κ1) is 13.2. The number of carbonyl (C=O) groups excluding carboxylic acids is 1. The van der Waals surface area contributed by atoms with Crippen molar-refractivity contribution in [2.45, 2.75) is 52.5 Å². The number of nitrogens with two attached hydrogens (primary N) is 1. The second kappa shape index (κ2) is 5.99. The molecule has 92 valence electrons. The molecule has 0 bridgehead atoms. The third-order valence-corrected chi connectivity index (χ3v) is 3.27. The normalized spacial score (nSPS) is 20.8. The molecule has 4 nitrogen and oxygen atoms in total. The summed E-state index contributed by atoms with van der Waals surface area (Å²) in [5.74, 6) is 0.0894. The van der Waals surface area contributed by atoms with Crippen LogP contribution in [-0.4, -0.2) is 29.2 Å². The number of nitrogens with zero attached hydrogens (tertiary/aromatic N) is 2. The van der Waals surface area contributed by atoms with Crippen LogP contribution in [0.25, 0.3) is 0 Å². The molecule has 0 aromatic rings. The maximum atomic E-state index is 12.2. The SMILES string of the molecule is CCC1=NN(C(CC)CC)C(=O)C1CCN. The van der Waals surface area contributed by atoms with E-state index in [0.29, 0.717) is 6.54 Å². The molecular weight excluding hydrogens is 202 g/mol. The fourth-order valence-corrected chi connectivity index (χ4v) is 2.23. The van der Waals surface area contributed by atoms with Crippen molar-refractivity contribution in [1.82, 2.24) is 5.01 Å². The van der Waals surface area contributed by atoms with Crippen LogP contribution in [-0.2, 0) is 4.79 Å². The molecule has 0 aromatic heterocycles. The summed E-state index contributed by atoms with van der Waals surface area (Å²) in [6.45, 7) is 6.79. The van der Waals surface area contributed by atoms with Gasteiger partial charge in [-0.2, -0.15) is 5.10 Å². The van der Waals surface area contributed by atoms with E-state index in [4.69, 9.17) is 5.73 Å². The van der Waals surface area contributed by atoms with Crippen molar-refractivity contribution in [2.75, 3.05) is 6.54 Å². The zero-order chi connectivity index (χ0) is 12.1. The maximum absolute atomic E-state index is 12.2. The number of hydrogen-bond acceptors (Lipinski definition) is 3. The van der Waals surface area contributed by atoms with Crippen molar-refractivity contribution in [3.8, 4) is 0 Å². The molecule has 1 atom stereocenters. The van der Waals surface area contributed by atoms with Gasteiger partial charge < -0.3 is 5.73 Å². The van der Waals surface area contributed by atoms with Gasteiger partial charge >= 0.3 is 0 Å². The fraction of sp³-hybridized carbons (Fsp3) is 0.833. The molecule has 0 saturated carbocycles. The van der Waals surface area contributed by atoms with Gasteiger partial charge in [0.1, 0.15) is 0 Å². The van der Waals surface area contributed by atoms with Gasteiger partial charge in [-0.1, -0.05) is 20.8 Å². The van der Waals surface area contributed by atoms with Crippen molar-refractivity contribution in [3.05, 3.63) is 0 Å². The molecule has 0 aromatic carbocycles. The van der Waals surface area contributed by atoms with E-state index in [-0.39, 0.29) is 17.9 Å². The first-order chi connectivity index (χ1) is 7.69. The van der Waals surface area contributed by atoms with Crippen molar-refractivity contribution in [1.29, 1.82) is 0 Å². The van der Waals surface area contributed by atoms with Crippen LogP contribution in [0.15, 0.2) is 5.10 Å². The second-order valence-electron chi connectivity index (χ2n) is 4.23. The Bertz CT molecular complexity index is 271. The molecule has 1 aliphatic heterocycles. The van der Waals surface area contributed by atoms with E-state index < -0.39 is 0 Å². The van der Waals surface area contributed by atoms with E-state index in [9.17, 15) is 4.79 Å². The second-order valence-corrected chi connectivity index (χ2v) is 4.23. The Labute approximate surface area is 97.9 Å². The van der Waals surface area contributed by atoms with Gasteiger partial charge in [-0.15, -0.1) is 0 Å². The molecule has 16 heavy (non-hydrogen) atoms. The fourth-order valence-electron chi connectivity index (χ4n) is 2.23. The summed E-state index contributed by atoms with van der Waals surface area (Å²) in [4.78, 5) is 12.2. The quantitative estimate of drug-likeness (QED) is 0.748. The Morgan fingerprint density at radius 3 is 2.44 bits per heavy atom. The van der Waals surface area contributed by atoms with Crippen LogP contribution in [0.2, 0.25) is 0 Å². The van der Waals surface area contributed by atoms with Crippen LogP contribution in [0, 0.1) is 5.92 Å². The van der Waals surface area contributed by atoms with E-state index in [2.05, 4.69) is 18.9 Å². The summed E-state index contributed by atoms with van der Waals surface area (Å²) in [7, 11) is 0. The highest BCUT2D eigenvalue weighted by atomic mass is 16.2. The van der Waals surface area contributed by atoms with E-state index in [1.54, 1.807) is 5.01 Å². The monoisotopic (exact) mass is 225 g/mol. The standard InChI is InChI=1S/C12H23N3O/c1-4-9(5-2)15-12(16)10(7-8-13)11(6-3)14-15/h9-10H,4-8,13H2,1-3H3. The van der Waals surface area contributed by atoms with Gasteiger partial charge in [-0.3, -0.25) is 4.79 Å². The van der Waals surface area contributed by atoms with E-state index in [1.807, 2.05) is 6.92 Å². The van der Waals surface area contributed by atoms with Crippen molar-refractivity contribution in [3.63, 3.8) is 0 Å². The van der Waals surface area contributed by atoms with Gasteiger partial charge in [-0.25, -0.2) is 5.01 Å². The lowest BCUT2D eigenvalue weighted by Gasteiger charge is -2.22. The summed E-state index contributed by atoms with van der Waals surface area (Å²) in [6.07, 6.45) is 3.48. The van der Waals surface area contributed by atoms with Crippen LogP contribution in [0.3, 0.4) is 0 Å². The average molecular weight is 225 g/mol. The Balaban J connectivity index is 2.83. The van der Waals surface area contributed by atoms with Crippen LogP contribution in [0.1, 0.15) is 46.5 Å². The Morgan fingerprint density at radius 2 is 2.00 bits per heavy atom. The lowest BCUT2D eigenvalue weighted by atomic mass is 9.97. The summed E-state index contributed by atoms with van der Waals surface area (Å²) in [5.41, 5.74) is 6.55. The molecular formula is C12H23N3O. The summed E-state index contributed by atoms with van der Waals surface area (Å²) >= 11 is 0. The Hall–Kier alpha value is -0.900. The molecule has 0 spiro atoms. The van der Waals surface area contributed by atoms with E-state index >= 15 is 0 Å². The Kier molecular flexibility index (Phi) is 4.93. The third-order valence-electron chi connectivity index (χ3n) is 3.27. The Morgan fingerprint density at radius 1 is 1.38 bits per heavy atom. The van der Waals surface area contributed by atoms with Gasteiger partial charge in [0.15, 0.2) is 0 Å². The molecule has 1 aliphatic rings. The topological polar surface area (TPSA) is 58.7 Å². The molecule has 0 saturated heterocycles. The largest absolute Gasteiger partial charge is 0.330 e.